The Balaban J connectivity index is 1.62. The third-order valence-corrected chi connectivity index (χ3v) is 4.37. The summed E-state index contributed by atoms with van der Waals surface area (Å²) in [6, 6.07) is 16.2. The molecular weight excluding hydrogens is 366 g/mol. The van der Waals surface area contributed by atoms with E-state index < -0.39 is 11.8 Å². The Kier molecular flexibility index (Phi) is 4.18. The van der Waals surface area contributed by atoms with Crippen molar-refractivity contribution >= 4 is 40.7 Å². The molecule has 0 aliphatic carbocycles. The number of carbonyl (C=O) groups excluding carboxylic acids is 3. The number of hydrogen-bond donors (Lipinski definition) is 1. The highest BCUT2D eigenvalue weighted by Gasteiger charge is 2.37. The summed E-state index contributed by atoms with van der Waals surface area (Å²) in [6.07, 6.45) is 1.46. The van der Waals surface area contributed by atoms with Crippen molar-refractivity contribution in [1.82, 2.24) is 4.98 Å². The molecule has 0 bridgehead atoms. The van der Waals surface area contributed by atoms with Gasteiger partial charge in [-0.1, -0.05) is 17.7 Å². The van der Waals surface area contributed by atoms with Gasteiger partial charge in [-0.25, -0.2) is 4.90 Å². The van der Waals surface area contributed by atoms with Crippen LogP contribution < -0.4 is 10.2 Å². The second-order valence-corrected chi connectivity index (χ2v) is 6.29. The lowest BCUT2D eigenvalue weighted by Crippen LogP contribution is -2.29. The van der Waals surface area contributed by atoms with Crippen molar-refractivity contribution in [3.05, 3.63) is 88.7 Å². The monoisotopic (exact) mass is 377 g/mol. The van der Waals surface area contributed by atoms with E-state index in [1.807, 2.05) is 0 Å². The summed E-state index contributed by atoms with van der Waals surface area (Å²) in [5.41, 5.74) is 1.57. The number of nitrogens with zero attached hydrogens (tertiary/aromatic N) is 2. The smallest absolute Gasteiger partial charge is 0.284 e. The number of aromatic nitrogens is 1. The number of halogens is 1. The van der Waals surface area contributed by atoms with E-state index in [2.05, 4.69) is 10.3 Å². The summed E-state index contributed by atoms with van der Waals surface area (Å²) >= 11 is 5.84. The lowest BCUT2D eigenvalue weighted by molar-refractivity contribution is 0.0922. The molecule has 0 radical (unpaired) electrons. The fourth-order valence-corrected chi connectivity index (χ4v) is 2.95. The zero-order valence-electron chi connectivity index (χ0n) is 13.8. The summed E-state index contributed by atoms with van der Waals surface area (Å²) in [7, 11) is 0. The molecule has 3 amide bonds. The molecule has 0 saturated heterocycles. The second kappa shape index (κ2) is 6.66. The van der Waals surface area contributed by atoms with Crippen LogP contribution >= 0.6 is 11.6 Å². The summed E-state index contributed by atoms with van der Waals surface area (Å²) in [5, 5.41) is 3.31. The van der Waals surface area contributed by atoms with Crippen LogP contribution in [-0.2, 0) is 0 Å². The SMILES string of the molecule is O=C(Nc1ccc(Cl)cc1)c1cccc(N2C(=O)c3cccnc3C2=O)c1. The minimum atomic E-state index is -0.508. The van der Waals surface area contributed by atoms with Gasteiger partial charge in [0.05, 0.1) is 11.3 Å². The number of carbonyl (C=O) groups is 3. The van der Waals surface area contributed by atoms with E-state index >= 15 is 0 Å². The molecule has 0 saturated carbocycles. The fraction of sp³-hybridized carbons (Fsp3) is 0. The fourth-order valence-electron chi connectivity index (χ4n) is 2.82. The van der Waals surface area contributed by atoms with Crippen molar-refractivity contribution in [3.63, 3.8) is 0 Å². The highest BCUT2D eigenvalue weighted by molar-refractivity contribution is 6.34. The molecule has 4 rings (SSSR count). The van der Waals surface area contributed by atoms with Crippen LogP contribution in [0.25, 0.3) is 0 Å². The van der Waals surface area contributed by atoms with Crippen LogP contribution in [0.5, 0.6) is 0 Å². The first-order valence-corrected chi connectivity index (χ1v) is 8.43. The van der Waals surface area contributed by atoms with Gasteiger partial charge in [0.15, 0.2) is 0 Å². The van der Waals surface area contributed by atoms with Crippen molar-refractivity contribution in [2.45, 2.75) is 0 Å². The summed E-state index contributed by atoms with van der Waals surface area (Å²) in [4.78, 5) is 42.6. The molecule has 2 aromatic carbocycles. The zero-order chi connectivity index (χ0) is 19.0. The van der Waals surface area contributed by atoms with E-state index in [0.717, 1.165) is 4.90 Å². The topological polar surface area (TPSA) is 79.4 Å². The number of anilines is 2. The van der Waals surface area contributed by atoms with E-state index in [4.69, 9.17) is 11.6 Å². The van der Waals surface area contributed by atoms with Gasteiger partial charge in [0, 0.05) is 22.5 Å². The van der Waals surface area contributed by atoms with E-state index in [1.54, 1.807) is 54.6 Å². The van der Waals surface area contributed by atoms with Crippen molar-refractivity contribution in [2.24, 2.45) is 0 Å². The highest BCUT2D eigenvalue weighted by atomic mass is 35.5. The highest BCUT2D eigenvalue weighted by Crippen LogP contribution is 2.27. The van der Waals surface area contributed by atoms with Crippen LogP contribution in [0.4, 0.5) is 11.4 Å². The summed E-state index contributed by atoms with van der Waals surface area (Å²) in [5.74, 6) is -1.34. The minimum absolute atomic E-state index is 0.110. The second-order valence-electron chi connectivity index (χ2n) is 5.86. The molecule has 3 aromatic rings. The van der Waals surface area contributed by atoms with Crippen molar-refractivity contribution in [1.29, 1.82) is 0 Å². The normalized spacial score (nSPS) is 12.9. The number of hydrogen-bond acceptors (Lipinski definition) is 4. The first kappa shape index (κ1) is 16.9. The molecular formula is C20H12ClN3O3. The largest absolute Gasteiger partial charge is 0.322 e. The van der Waals surface area contributed by atoms with E-state index in [1.165, 1.54) is 12.3 Å². The van der Waals surface area contributed by atoms with Crippen molar-refractivity contribution in [3.8, 4) is 0 Å². The van der Waals surface area contributed by atoms with Crippen LogP contribution in [0.1, 0.15) is 31.2 Å². The third-order valence-electron chi connectivity index (χ3n) is 4.12. The van der Waals surface area contributed by atoms with Crippen LogP contribution in [0.15, 0.2) is 66.9 Å². The van der Waals surface area contributed by atoms with E-state index in [0.29, 0.717) is 22.0 Å². The van der Waals surface area contributed by atoms with Gasteiger partial charge in [-0.15, -0.1) is 0 Å². The molecule has 27 heavy (non-hydrogen) atoms. The molecule has 2 heterocycles. The Bertz CT molecular complexity index is 1040. The van der Waals surface area contributed by atoms with Crippen molar-refractivity contribution < 1.29 is 14.4 Å². The zero-order valence-corrected chi connectivity index (χ0v) is 14.6. The van der Waals surface area contributed by atoms with Gasteiger partial charge in [0.25, 0.3) is 17.7 Å². The molecule has 1 N–H and O–H groups in total. The minimum Gasteiger partial charge on any atom is -0.322 e. The molecule has 0 spiro atoms. The lowest BCUT2D eigenvalue weighted by Gasteiger charge is -2.14. The molecule has 0 atom stereocenters. The van der Waals surface area contributed by atoms with Gasteiger partial charge in [0.1, 0.15) is 5.69 Å². The number of benzene rings is 2. The standard InChI is InChI=1S/C20H12ClN3O3/c21-13-6-8-14(9-7-13)23-18(25)12-3-1-4-15(11-12)24-19(26)16-5-2-10-22-17(16)20(24)27/h1-11H,(H,23,25). The van der Waals surface area contributed by atoms with E-state index in [-0.39, 0.29) is 17.2 Å². The summed E-state index contributed by atoms with van der Waals surface area (Å²) < 4.78 is 0. The third kappa shape index (κ3) is 3.07. The maximum Gasteiger partial charge on any atom is 0.284 e. The summed E-state index contributed by atoms with van der Waals surface area (Å²) in [6.45, 7) is 0. The Labute approximate surface area is 159 Å². The number of fused-ring (bicyclic) bond motifs is 1. The van der Waals surface area contributed by atoms with Crippen LogP contribution in [-0.4, -0.2) is 22.7 Å². The molecule has 1 aliphatic heterocycles. The Morgan fingerprint density at radius 3 is 2.48 bits per heavy atom. The lowest BCUT2D eigenvalue weighted by atomic mass is 10.1. The molecule has 132 valence electrons. The maximum absolute atomic E-state index is 12.6. The average Bonchev–Trinajstić information content (AvgIpc) is 2.95. The molecule has 0 fully saturated rings. The molecule has 6 nitrogen and oxygen atoms in total. The number of amides is 3. The van der Waals surface area contributed by atoms with Gasteiger partial charge >= 0.3 is 0 Å². The first-order chi connectivity index (χ1) is 13.0. The molecule has 1 aliphatic rings. The van der Waals surface area contributed by atoms with Gasteiger partial charge < -0.3 is 5.32 Å². The van der Waals surface area contributed by atoms with Crippen LogP contribution in [0.2, 0.25) is 5.02 Å². The quantitative estimate of drug-likeness (QED) is 0.704. The van der Waals surface area contributed by atoms with Gasteiger partial charge in [-0.05, 0) is 54.6 Å². The van der Waals surface area contributed by atoms with Crippen molar-refractivity contribution in [2.75, 3.05) is 10.2 Å². The number of nitrogens with one attached hydrogen (secondary N) is 1. The van der Waals surface area contributed by atoms with Gasteiger partial charge in [-0.2, -0.15) is 0 Å². The first-order valence-electron chi connectivity index (χ1n) is 8.05. The Morgan fingerprint density at radius 2 is 1.74 bits per heavy atom. The molecule has 7 heteroatoms. The predicted molar refractivity (Wildman–Crippen MR) is 101 cm³/mol. The van der Waals surface area contributed by atoms with Gasteiger partial charge in [-0.3, -0.25) is 19.4 Å². The average molecular weight is 378 g/mol. The molecule has 0 unspecified atom stereocenters. The maximum atomic E-state index is 12.6. The number of rotatable bonds is 3. The van der Waals surface area contributed by atoms with E-state index in [9.17, 15) is 14.4 Å². The Morgan fingerprint density at radius 1 is 0.963 bits per heavy atom. The number of imide groups is 1. The molecule has 1 aromatic heterocycles. The Hall–Kier alpha value is -3.51. The number of pyridine rings is 1. The van der Waals surface area contributed by atoms with Gasteiger partial charge in [0.2, 0.25) is 0 Å². The predicted octanol–water partition coefficient (Wildman–Crippen LogP) is 3.79. The van der Waals surface area contributed by atoms with Crippen LogP contribution in [0.3, 0.4) is 0 Å². The van der Waals surface area contributed by atoms with Crippen LogP contribution in [0, 0.1) is 0 Å².